The molecule has 0 amide bonds. The Balaban J connectivity index is -0.0000000600. The molecule has 0 aliphatic rings. The van der Waals surface area contributed by atoms with Crippen LogP contribution in [0.1, 0.15) is 6.42 Å². The van der Waals surface area contributed by atoms with Gasteiger partial charge in [-0.1, -0.05) is 0 Å². The van der Waals surface area contributed by atoms with Crippen molar-refractivity contribution < 1.29 is 11.0 Å². The van der Waals surface area contributed by atoms with Crippen molar-refractivity contribution in [2.45, 2.75) is 6.42 Å². The number of hydrogen-bond acceptors (Lipinski definition) is 2. The zero-order valence-corrected chi connectivity index (χ0v) is 7.62. The molecule has 0 aliphatic heterocycles. The first-order valence-corrected chi connectivity index (χ1v) is 2.71. The molecule has 0 aromatic carbocycles. The van der Waals surface area contributed by atoms with Gasteiger partial charge in [0.25, 0.3) is 0 Å². The zero-order chi connectivity index (χ0) is 5.54. The third-order valence-electron chi connectivity index (χ3n) is 0.854. The van der Waals surface area contributed by atoms with E-state index in [1.165, 1.54) is 6.42 Å². The Morgan fingerprint density at radius 1 is 0.900 bits per heavy atom. The van der Waals surface area contributed by atoms with Crippen LogP contribution < -0.4 is 10.6 Å². The fourth-order valence-corrected chi connectivity index (χ4v) is 0.442. The first-order chi connectivity index (χ1) is 3.41. The maximum Gasteiger partial charge on any atom is -0.00398 e. The molecular formula is C5H20N2O2S. The van der Waals surface area contributed by atoms with Crippen LogP contribution in [-0.4, -0.2) is 38.1 Å². The normalized spacial score (nSPS) is 6.60. The van der Waals surface area contributed by atoms with Gasteiger partial charge in [-0.3, -0.25) is 0 Å². The molecule has 0 rings (SSSR count). The fourth-order valence-electron chi connectivity index (χ4n) is 0.442. The van der Waals surface area contributed by atoms with Crippen LogP contribution in [0.5, 0.6) is 0 Å². The summed E-state index contributed by atoms with van der Waals surface area (Å²) in [5.41, 5.74) is 0. The minimum Gasteiger partial charge on any atom is -0.412 e. The highest BCUT2D eigenvalue weighted by atomic mass is 32.1. The lowest BCUT2D eigenvalue weighted by molar-refractivity contribution is 0.676. The molecule has 0 saturated heterocycles. The molecule has 0 radical (unpaired) electrons. The van der Waals surface area contributed by atoms with Crippen LogP contribution in [0.2, 0.25) is 0 Å². The van der Waals surface area contributed by atoms with Crippen molar-refractivity contribution >= 4 is 13.5 Å². The van der Waals surface area contributed by atoms with E-state index in [0.717, 1.165) is 13.1 Å². The van der Waals surface area contributed by atoms with Gasteiger partial charge < -0.3 is 21.6 Å². The van der Waals surface area contributed by atoms with E-state index in [0.29, 0.717) is 0 Å². The van der Waals surface area contributed by atoms with Gasteiger partial charge >= 0.3 is 0 Å². The van der Waals surface area contributed by atoms with E-state index in [4.69, 9.17) is 0 Å². The molecule has 68 valence electrons. The molecule has 10 heavy (non-hydrogen) atoms. The summed E-state index contributed by atoms with van der Waals surface area (Å²) < 4.78 is 0. The van der Waals surface area contributed by atoms with Gasteiger partial charge in [-0.2, -0.15) is 13.5 Å². The van der Waals surface area contributed by atoms with Crippen LogP contribution in [0.25, 0.3) is 0 Å². The Morgan fingerprint density at radius 2 is 1.20 bits per heavy atom. The van der Waals surface area contributed by atoms with Crippen molar-refractivity contribution in [1.29, 1.82) is 0 Å². The standard InChI is InChI=1S/C5H14N2.2H2O.H2S/c1-6-4-3-5-7-2;;;/h6-7H,3-5H2,1-2H3;3*1H2. The van der Waals surface area contributed by atoms with Crippen LogP contribution in [0.3, 0.4) is 0 Å². The largest absolute Gasteiger partial charge is 0.412 e. The Labute approximate surface area is 69.5 Å². The second-order valence-electron chi connectivity index (χ2n) is 1.56. The molecule has 0 saturated carbocycles. The lowest BCUT2D eigenvalue weighted by Crippen LogP contribution is -2.15. The second-order valence-corrected chi connectivity index (χ2v) is 1.56. The van der Waals surface area contributed by atoms with Gasteiger partial charge in [0.05, 0.1) is 0 Å². The van der Waals surface area contributed by atoms with E-state index < -0.39 is 0 Å². The minimum absolute atomic E-state index is 0. The topological polar surface area (TPSA) is 87.1 Å². The highest BCUT2D eigenvalue weighted by Crippen LogP contribution is 1.66. The van der Waals surface area contributed by atoms with Crippen LogP contribution in [-0.2, 0) is 0 Å². The van der Waals surface area contributed by atoms with Crippen molar-refractivity contribution in [2.24, 2.45) is 0 Å². The van der Waals surface area contributed by atoms with Crippen LogP contribution in [0.15, 0.2) is 0 Å². The minimum atomic E-state index is 0. The quantitative estimate of drug-likeness (QED) is 0.494. The Kier molecular flexibility index (Phi) is 51.4. The van der Waals surface area contributed by atoms with Crippen molar-refractivity contribution in [1.82, 2.24) is 10.6 Å². The van der Waals surface area contributed by atoms with Gasteiger partial charge in [-0.05, 0) is 33.6 Å². The Bertz CT molecular complexity index is 36.8. The van der Waals surface area contributed by atoms with Gasteiger partial charge in [-0.25, -0.2) is 0 Å². The van der Waals surface area contributed by atoms with Crippen molar-refractivity contribution in [2.75, 3.05) is 27.2 Å². The van der Waals surface area contributed by atoms with Crippen molar-refractivity contribution in [3.63, 3.8) is 0 Å². The van der Waals surface area contributed by atoms with E-state index in [2.05, 4.69) is 10.6 Å². The number of nitrogens with one attached hydrogen (secondary N) is 2. The maximum absolute atomic E-state index is 3.06. The SMILES string of the molecule is CNCCCNC.O.O.S. The summed E-state index contributed by atoms with van der Waals surface area (Å²) in [6.07, 6.45) is 1.22. The van der Waals surface area contributed by atoms with Gasteiger partial charge in [0.2, 0.25) is 0 Å². The Hall–Kier alpha value is 0.190. The van der Waals surface area contributed by atoms with Crippen molar-refractivity contribution in [3.8, 4) is 0 Å². The summed E-state index contributed by atoms with van der Waals surface area (Å²) in [6, 6.07) is 0. The maximum atomic E-state index is 3.06. The lowest BCUT2D eigenvalue weighted by Gasteiger charge is -1.95. The monoisotopic (exact) mass is 172 g/mol. The molecule has 0 heterocycles. The Morgan fingerprint density at radius 3 is 1.40 bits per heavy atom. The molecule has 4 nitrogen and oxygen atoms in total. The lowest BCUT2D eigenvalue weighted by atomic mass is 10.4. The highest BCUT2D eigenvalue weighted by Gasteiger charge is 1.77. The molecule has 5 heteroatoms. The second kappa shape index (κ2) is 22.9. The average Bonchev–Trinajstić information content (AvgIpc) is 1.69. The van der Waals surface area contributed by atoms with E-state index in [9.17, 15) is 0 Å². The predicted octanol–water partition coefficient (Wildman–Crippen LogP) is -1.72. The highest BCUT2D eigenvalue weighted by molar-refractivity contribution is 7.59. The summed E-state index contributed by atoms with van der Waals surface area (Å²) >= 11 is 0. The van der Waals surface area contributed by atoms with Gasteiger partial charge in [0.1, 0.15) is 0 Å². The summed E-state index contributed by atoms with van der Waals surface area (Å²) in [5, 5.41) is 6.12. The zero-order valence-electron chi connectivity index (χ0n) is 6.62. The smallest absolute Gasteiger partial charge is 0.00398 e. The first kappa shape index (κ1) is 22.5. The van der Waals surface area contributed by atoms with E-state index in [1.807, 2.05) is 14.1 Å². The fraction of sp³-hybridized carbons (Fsp3) is 1.00. The van der Waals surface area contributed by atoms with Crippen molar-refractivity contribution in [3.05, 3.63) is 0 Å². The number of hydrogen-bond donors (Lipinski definition) is 2. The van der Waals surface area contributed by atoms with Crippen LogP contribution >= 0.6 is 13.5 Å². The van der Waals surface area contributed by atoms with E-state index in [1.54, 1.807) is 0 Å². The van der Waals surface area contributed by atoms with Crippen LogP contribution in [0, 0.1) is 0 Å². The summed E-state index contributed by atoms with van der Waals surface area (Å²) in [6.45, 7) is 2.22. The number of rotatable bonds is 4. The van der Waals surface area contributed by atoms with E-state index in [-0.39, 0.29) is 24.4 Å². The molecule has 0 fully saturated rings. The predicted molar refractivity (Wildman–Crippen MR) is 50.1 cm³/mol. The molecule has 0 bridgehead atoms. The van der Waals surface area contributed by atoms with Gasteiger partial charge in [0, 0.05) is 0 Å². The first-order valence-electron chi connectivity index (χ1n) is 2.71. The molecule has 0 spiro atoms. The molecule has 0 aromatic rings. The third-order valence-corrected chi connectivity index (χ3v) is 0.854. The molecule has 0 aliphatic carbocycles. The molecule has 0 aromatic heterocycles. The summed E-state index contributed by atoms with van der Waals surface area (Å²) in [5.74, 6) is 0. The van der Waals surface area contributed by atoms with Crippen LogP contribution in [0.4, 0.5) is 0 Å². The van der Waals surface area contributed by atoms with Gasteiger partial charge in [0.15, 0.2) is 0 Å². The summed E-state index contributed by atoms with van der Waals surface area (Å²) in [4.78, 5) is 0. The molecule has 0 atom stereocenters. The third kappa shape index (κ3) is 24.1. The molecule has 0 unspecified atom stereocenters. The average molecular weight is 172 g/mol. The summed E-state index contributed by atoms with van der Waals surface area (Å²) in [7, 11) is 3.94. The van der Waals surface area contributed by atoms with E-state index >= 15 is 0 Å². The molecule has 6 N–H and O–H groups in total. The molecular weight excluding hydrogens is 152 g/mol. The van der Waals surface area contributed by atoms with Gasteiger partial charge in [-0.15, -0.1) is 0 Å².